The summed E-state index contributed by atoms with van der Waals surface area (Å²) in [5.74, 6) is -0.220. The summed E-state index contributed by atoms with van der Waals surface area (Å²) in [5.41, 5.74) is 1.12. The molecule has 0 unspecified atom stereocenters. The Morgan fingerprint density at radius 2 is 2.17 bits per heavy atom. The van der Waals surface area contributed by atoms with E-state index in [1.54, 1.807) is 10.9 Å². The highest BCUT2D eigenvalue weighted by atomic mass is 19.1. The number of aromatic nitrogens is 4. The van der Waals surface area contributed by atoms with Crippen LogP contribution in [0.3, 0.4) is 0 Å². The van der Waals surface area contributed by atoms with Crippen LogP contribution in [0.15, 0.2) is 18.7 Å². The molecule has 0 aromatic carbocycles. The highest BCUT2D eigenvalue weighted by molar-refractivity contribution is 5.54. The summed E-state index contributed by atoms with van der Waals surface area (Å²) in [6.45, 7) is 5.90. The molecule has 0 saturated heterocycles. The van der Waals surface area contributed by atoms with Crippen LogP contribution < -0.4 is 5.32 Å². The fraction of sp³-hybridized carbons (Fsp3) is 0.417. The van der Waals surface area contributed by atoms with Crippen molar-refractivity contribution in [1.82, 2.24) is 19.7 Å². The number of hydrogen-bond donors (Lipinski definition) is 1. The Morgan fingerprint density at radius 3 is 2.78 bits per heavy atom. The highest BCUT2D eigenvalue weighted by Gasteiger charge is 2.10. The van der Waals surface area contributed by atoms with Gasteiger partial charge >= 0.3 is 0 Å². The van der Waals surface area contributed by atoms with Crippen molar-refractivity contribution in [3.63, 3.8) is 0 Å². The first kappa shape index (κ1) is 12.5. The molecule has 0 saturated carbocycles. The third-order valence-electron chi connectivity index (χ3n) is 2.59. The lowest BCUT2D eigenvalue weighted by atomic mass is 10.3. The molecule has 0 aliphatic carbocycles. The van der Waals surface area contributed by atoms with E-state index in [4.69, 9.17) is 0 Å². The summed E-state index contributed by atoms with van der Waals surface area (Å²) >= 11 is 0. The van der Waals surface area contributed by atoms with Crippen molar-refractivity contribution in [2.45, 2.75) is 33.2 Å². The molecule has 2 aromatic heterocycles. The van der Waals surface area contributed by atoms with Crippen LogP contribution in [0.2, 0.25) is 0 Å². The van der Waals surface area contributed by atoms with E-state index in [2.05, 4.69) is 20.4 Å². The molecule has 18 heavy (non-hydrogen) atoms. The topological polar surface area (TPSA) is 55.6 Å². The second-order valence-corrected chi connectivity index (χ2v) is 4.26. The number of nitrogens with zero attached hydrogens (tertiary/aromatic N) is 4. The summed E-state index contributed by atoms with van der Waals surface area (Å²) in [7, 11) is 0. The lowest BCUT2D eigenvalue weighted by Crippen LogP contribution is -2.02. The molecule has 6 heteroatoms. The number of nitrogens with one attached hydrogen (secondary N) is 1. The van der Waals surface area contributed by atoms with Crippen molar-refractivity contribution in [3.05, 3.63) is 30.2 Å². The van der Waals surface area contributed by atoms with Gasteiger partial charge in [0, 0.05) is 12.2 Å². The molecule has 2 heterocycles. The molecule has 1 N–H and O–H groups in total. The van der Waals surface area contributed by atoms with E-state index in [1.807, 2.05) is 27.0 Å². The van der Waals surface area contributed by atoms with Crippen LogP contribution in [0.4, 0.5) is 15.9 Å². The van der Waals surface area contributed by atoms with E-state index < -0.39 is 5.82 Å². The van der Waals surface area contributed by atoms with Gasteiger partial charge in [-0.05, 0) is 20.3 Å². The van der Waals surface area contributed by atoms with Gasteiger partial charge in [0.05, 0.1) is 17.6 Å². The number of hydrogen-bond acceptors (Lipinski definition) is 4. The average molecular weight is 249 g/mol. The van der Waals surface area contributed by atoms with Crippen LogP contribution in [0.5, 0.6) is 0 Å². The van der Waals surface area contributed by atoms with E-state index in [-0.39, 0.29) is 11.9 Å². The summed E-state index contributed by atoms with van der Waals surface area (Å²) in [4.78, 5) is 7.79. The van der Waals surface area contributed by atoms with Crippen molar-refractivity contribution in [2.24, 2.45) is 0 Å². The smallest absolute Gasteiger partial charge is 0.187 e. The van der Waals surface area contributed by atoms with Gasteiger partial charge in [0.2, 0.25) is 0 Å². The number of aryl methyl sites for hydroxylation is 1. The second-order valence-electron chi connectivity index (χ2n) is 4.26. The van der Waals surface area contributed by atoms with Gasteiger partial charge in [0.1, 0.15) is 6.33 Å². The van der Waals surface area contributed by atoms with E-state index in [0.29, 0.717) is 17.8 Å². The van der Waals surface area contributed by atoms with Crippen molar-refractivity contribution >= 4 is 11.5 Å². The number of anilines is 2. The maximum absolute atomic E-state index is 13.9. The minimum Gasteiger partial charge on any atom is -0.335 e. The summed E-state index contributed by atoms with van der Waals surface area (Å²) in [5, 5.41) is 7.09. The van der Waals surface area contributed by atoms with Gasteiger partial charge in [-0.15, -0.1) is 0 Å². The van der Waals surface area contributed by atoms with Gasteiger partial charge in [-0.1, -0.05) is 6.92 Å². The van der Waals surface area contributed by atoms with Gasteiger partial charge in [-0.25, -0.2) is 14.4 Å². The molecule has 2 rings (SSSR count). The first-order valence-electron chi connectivity index (χ1n) is 5.92. The molecule has 2 aromatic rings. The van der Waals surface area contributed by atoms with Crippen LogP contribution in [0.25, 0.3) is 0 Å². The Balaban J connectivity index is 2.23. The molecule has 0 atom stereocenters. The predicted octanol–water partition coefficient (Wildman–Crippen LogP) is 2.70. The van der Waals surface area contributed by atoms with E-state index in [0.717, 1.165) is 0 Å². The van der Waals surface area contributed by atoms with Gasteiger partial charge in [0.15, 0.2) is 11.6 Å². The molecule has 0 radical (unpaired) electrons. The van der Waals surface area contributed by atoms with Crippen LogP contribution in [0.1, 0.15) is 32.5 Å². The second kappa shape index (κ2) is 5.12. The third kappa shape index (κ3) is 2.47. The fourth-order valence-electron chi connectivity index (χ4n) is 1.56. The largest absolute Gasteiger partial charge is 0.335 e. The molecule has 0 spiro atoms. The fourth-order valence-corrected chi connectivity index (χ4v) is 1.56. The number of halogens is 1. The van der Waals surface area contributed by atoms with Gasteiger partial charge in [-0.3, -0.25) is 4.68 Å². The molecular formula is C12H16FN5. The minimum absolute atomic E-state index is 0.185. The van der Waals surface area contributed by atoms with Gasteiger partial charge in [-0.2, -0.15) is 5.10 Å². The first-order chi connectivity index (χ1) is 8.61. The van der Waals surface area contributed by atoms with E-state index >= 15 is 0 Å². The monoisotopic (exact) mass is 249 g/mol. The molecule has 0 aliphatic rings. The maximum Gasteiger partial charge on any atom is 0.187 e. The molecule has 0 fully saturated rings. The van der Waals surface area contributed by atoms with Crippen molar-refractivity contribution in [2.75, 3.05) is 5.32 Å². The average Bonchev–Trinajstić information content (AvgIpc) is 2.80. The summed E-state index contributed by atoms with van der Waals surface area (Å²) < 4.78 is 15.7. The molecule has 0 amide bonds. The van der Waals surface area contributed by atoms with Gasteiger partial charge < -0.3 is 5.32 Å². The molecule has 96 valence electrons. The summed E-state index contributed by atoms with van der Waals surface area (Å²) in [6.07, 6.45) is 5.36. The van der Waals surface area contributed by atoms with Crippen molar-refractivity contribution in [3.8, 4) is 0 Å². The summed E-state index contributed by atoms with van der Waals surface area (Å²) in [6, 6.07) is 0.266. The Morgan fingerprint density at radius 1 is 1.39 bits per heavy atom. The Hall–Kier alpha value is -1.98. The molecule has 5 nitrogen and oxygen atoms in total. The SMILES string of the molecule is CCc1ncnc(Nc2cnn(C(C)C)c2)c1F. The number of rotatable bonds is 4. The Kier molecular flexibility index (Phi) is 3.55. The minimum atomic E-state index is -0.405. The Bertz CT molecular complexity index is 535. The molecule has 0 aliphatic heterocycles. The Labute approximate surface area is 105 Å². The zero-order valence-electron chi connectivity index (χ0n) is 10.7. The highest BCUT2D eigenvalue weighted by Crippen LogP contribution is 2.19. The van der Waals surface area contributed by atoms with Crippen molar-refractivity contribution in [1.29, 1.82) is 0 Å². The molecular weight excluding hydrogens is 233 g/mol. The van der Waals surface area contributed by atoms with E-state index in [1.165, 1.54) is 6.33 Å². The van der Waals surface area contributed by atoms with Crippen LogP contribution in [-0.4, -0.2) is 19.7 Å². The van der Waals surface area contributed by atoms with E-state index in [9.17, 15) is 4.39 Å². The first-order valence-corrected chi connectivity index (χ1v) is 5.92. The van der Waals surface area contributed by atoms with Crippen LogP contribution in [0, 0.1) is 5.82 Å². The standard InChI is InChI=1S/C12H16FN5/c1-4-10-11(13)12(15-7-14-10)17-9-5-16-18(6-9)8(2)3/h5-8H,4H2,1-3H3,(H,14,15,17). The third-order valence-corrected chi connectivity index (χ3v) is 2.59. The zero-order valence-corrected chi connectivity index (χ0v) is 10.7. The van der Waals surface area contributed by atoms with Crippen LogP contribution >= 0.6 is 0 Å². The lowest BCUT2D eigenvalue weighted by Gasteiger charge is -2.06. The van der Waals surface area contributed by atoms with Crippen molar-refractivity contribution < 1.29 is 4.39 Å². The normalized spacial score (nSPS) is 10.9. The maximum atomic E-state index is 13.9. The van der Waals surface area contributed by atoms with Gasteiger partial charge in [0.25, 0.3) is 0 Å². The predicted molar refractivity (Wildman–Crippen MR) is 67.3 cm³/mol. The molecule has 0 bridgehead atoms. The van der Waals surface area contributed by atoms with Crippen LogP contribution in [-0.2, 0) is 6.42 Å². The lowest BCUT2D eigenvalue weighted by molar-refractivity contribution is 0.532. The quantitative estimate of drug-likeness (QED) is 0.905. The zero-order chi connectivity index (χ0) is 13.1.